The van der Waals surface area contributed by atoms with Crippen molar-refractivity contribution in [1.29, 1.82) is 0 Å². The molecule has 22 heavy (non-hydrogen) atoms. The zero-order chi connectivity index (χ0) is 16.4. The molecule has 0 saturated carbocycles. The van der Waals surface area contributed by atoms with Crippen molar-refractivity contribution in [3.05, 3.63) is 42.5 Å². The second kappa shape index (κ2) is 9.54. The van der Waals surface area contributed by atoms with Gasteiger partial charge in [0.1, 0.15) is 18.0 Å². The Hall–Kier alpha value is -2.38. The first-order chi connectivity index (χ1) is 10.5. The third kappa shape index (κ3) is 6.87. The van der Waals surface area contributed by atoms with Gasteiger partial charge in [-0.15, -0.1) is 0 Å². The maximum Gasteiger partial charge on any atom is 0.328 e. The predicted molar refractivity (Wildman–Crippen MR) is 78.9 cm³/mol. The standard InChI is InChI=1S/C11H15NO2.C4H4O4/c1-13-10-7-12-8-11(10)14-9-5-3-2-4-6-9;5-3(6)1-2-4(7)8/h2-6,10-12H,7-8H2,1H3;1-2H,(H,5,6)(H,7,8)/b;2-1+/t10-,11-;/m1./s1. The fourth-order valence-corrected chi connectivity index (χ4v) is 1.80. The number of para-hydroxylation sites is 1. The summed E-state index contributed by atoms with van der Waals surface area (Å²) >= 11 is 0. The van der Waals surface area contributed by atoms with Gasteiger partial charge >= 0.3 is 11.9 Å². The Kier molecular flexibility index (Phi) is 7.66. The molecule has 120 valence electrons. The van der Waals surface area contributed by atoms with Gasteiger partial charge in [0.2, 0.25) is 0 Å². The quantitative estimate of drug-likeness (QED) is 0.690. The van der Waals surface area contributed by atoms with Crippen molar-refractivity contribution in [2.24, 2.45) is 0 Å². The van der Waals surface area contributed by atoms with Gasteiger partial charge in [-0.1, -0.05) is 18.2 Å². The van der Waals surface area contributed by atoms with E-state index in [1.54, 1.807) is 7.11 Å². The van der Waals surface area contributed by atoms with Crippen LogP contribution in [-0.4, -0.2) is 54.6 Å². The molecule has 0 spiro atoms. The van der Waals surface area contributed by atoms with E-state index in [4.69, 9.17) is 19.7 Å². The third-order valence-corrected chi connectivity index (χ3v) is 2.81. The second-order valence-electron chi connectivity index (χ2n) is 4.41. The summed E-state index contributed by atoms with van der Waals surface area (Å²) in [5.41, 5.74) is 0. The summed E-state index contributed by atoms with van der Waals surface area (Å²) in [4.78, 5) is 19.1. The molecule has 0 bridgehead atoms. The number of carboxylic acid groups (broad SMARTS) is 2. The number of ether oxygens (including phenoxy) is 2. The zero-order valence-corrected chi connectivity index (χ0v) is 12.1. The minimum Gasteiger partial charge on any atom is -0.486 e. The van der Waals surface area contributed by atoms with E-state index in [1.165, 1.54) is 0 Å². The molecule has 1 saturated heterocycles. The Labute approximate surface area is 128 Å². The van der Waals surface area contributed by atoms with Crippen LogP contribution in [-0.2, 0) is 14.3 Å². The number of hydrogen-bond acceptors (Lipinski definition) is 5. The monoisotopic (exact) mass is 309 g/mol. The lowest BCUT2D eigenvalue weighted by Gasteiger charge is -2.18. The molecular weight excluding hydrogens is 290 g/mol. The molecule has 0 amide bonds. The van der Waals surface area contributed by atoms with Gasteiger partial charge < -0.3 is 25.0 Å². The van der Waals surface area contributed by atoms with Gasteiger partial charge in [0.05, 0.1) is 0 Å². The molecule has 7 nitrogen and oxygen atoms in total. The van der Waals surface area contributed by atoms with Crippen molar-refractivity contribution < 1.29 is 29.3 Å². The summed E-state index contributed by atoms with van der Waals surface area (Å²) in [6, 6.07) is 9.85. The fraction of sp³-hybridized carbons (Fsp3) is 0.333. The predicted octanol–water partition coefficient (Wildman–Crippen LogP) is 0.764. The molecule has 0 aliphatic carbocycles. The summed E-state index contributed by atoms with van der Waals surface area (Å²) in [6.45, 7) is 1.72. The average Bonchev–Trinajstić information content (AvgIpc) is 2.94. The summed E-state index contributed by atoms with van der Waals surface area (Å²) in [7, 11) is 1.72. The lowest BCUT2D eigenvalue weighted by Crippen LogP contribution is -2.31. The number of hydrogen-bond donors (Lipinski definition) is 3. The zero-order valence-electron chi connectivity index (χ0n) is 12.1. The largest absolute Gasteiger partial charge is 0.486 e. The van der Waals surface area contributed by atoms with E-state index < -0.39 is 11.9 Å². The summed E-state index contributed by atoms with van der Waals surface area (Å²) in [5.74, 6) is -1.61. The van der Waals surface area contributed by atoms with Crippen LogP contribution in [0.5, 0.6) is 5.75 Å². The number of methoxy groups -OCH3 is 1. The van der Waals surface area contributed by atoms with Crippen molar-refractivity contribution in [1.82, 2.24) is 5.32 Å². The summed E-state index contributed by atoms with van der Waals surface area (Å²) in [6.07, 6.45) is 1.41. The van der Waals surface area contributed by atoms with Gasteiger partial charge in [-0.05, 0) is 12.1 Å². The molecule has 7 heteroatoms. The molecule has 0 unspecified atom stereocenters. The molecule has 2 rings (SSSR count). The Morgan fingerprint density at radius 2 is 1.64 bits per heavy atom. The summed E-state index contributed by atoms with van der Waals surface area (Å²) in [5, 5.41) is 18.9. The van der Waals surface area contributed by atoms with Gasteiger partial charge in [0, 0.05) is 32.4 Å². The number of carbonyl (C=O) groups is 2. The van der Waals surface area contributed by atoms with Crippen molar-refractivity contribution in [2.75, 3.05) is 20.2 Å². The number of aliphatic carboxylic acids is 2. The molecule has 0 radical (unpaired) electrons. The fourth-order valence-electron chi connectivity index (χ4n) is 1.80. The van der Waals surface area contributed by atoms with Crippen LogP contribution in [0, 0.1) is 0 Å². The van der Waals surface area contributed by atoms with E-state index in [2.05, 4.69) is 5.32 Å². The van der Waals surface area contributed by atoms with Crippen LogP contribution in [0.25, 0.3) is 0 Å². The first kappa shape index (κ1) is 17.7. The SMILES string of the molecule is CO[C@@H]1CNC[C@H]1Oc1ccccc1.O=C(O)/C=C/C(=O)O. The first-order valence-corrected chi connectivity index (χ1v) is 6.62. The summed E-state index contributed by atoms with van der Waals surface area (Å²) < 4.78 is 11.1. The molecule has 1 heterocycles. The Morgan fingerprint density at radius 1 is 1.09 bits per heavy atom. The highest BCUT2D eigenvalue weighted by atomic mass is 16.5. The Balaban J connectivity index is 0.000000261. The highest BCUT2D eigenvalue weighted by Gasteiger charge is 2.28. The highest BCUT2D eigenvalue weighted by Crippen LogP contribution is 2.15. The van der Waals surface area contributed by atoms with Crippen LogP contribution in [0.15, 0.2) is 42.5 Å². The molecule has 1 fully saturated rings. The number of rotatable bonds is 5. The van der Waals surface area contributed by atoms with E-state index in [0.717, 1.165) is 18.8 Å². The van der Waals surface area contributed by atoms with Crippen LogP contribution in [0.4, 0.5) is 0 Å². The molecule has 2 atom stereocenters. The first-order valence-electron chi connectivity index (χ1n) is 6.62. The third-order valence-electron chi connectivity index (χ3n) is 2.81. The van der Waals surface area contributed by atoms with E-state index >= 15 is 0 Å². The normalized spacial score (nSPS) is 20.2. The van der Waals surface area contributed by atoms with Gasteiger partial charge in [0.25, 0.3) is 0 Å². The molecule has 1 aromatic rings. The molecular formula is C15H19NO6. The smallest absolute Gasteiger partial charge is 0.328 e. The van der Waals surface area contributed by atoms with Crippen molar-refractivity contribution >= 4 is 11.9 Å². The van der Waals surface area contributed by atoms with E-state index in [-0.39, 0.29) is 12.2 Å². The van der Waals surface area contributed by atoms with Crippen molar-refractivity contribution in [3.8, 4) is 5.75 Å². The molecule has 1 aliphatic heterocycles. The van der Waals surface area contributed by atoms with E-state index in [0.29, 0.717) is 12.2 Å². The molecule has 1 aromatic carbocycles. The van der Waals surface area contributed by atoms with Gasteiger partial charge in [-0.25, -0.2) is 9.59 Å². The minimum atomic E-state index is -1.26. The Bertz CT molecular complexity index is 486. The molecule has 0 aromatic heterocycles. The van der Waals surface area contributed by atoms with E-state index in [1.807, 2.05) is 30.3 Å². The topological polar surface area (TPSA) is 105 Å². The van der Waals surface area contributed by atoms with Gasteiger partial charge in [-0.2, -0.15) is 0 Å². The maximum atomic E-state index is 9.55. The lowest BCUT2D eigenvalue weighted by molar-refractivity contribution is -0.134. The van der Waals surface area contributed by atoms with Crippen LogP contribution in [0.2, 0.25) is 0 Å². The number of carboxylic acids is 2. The van der Waals surface area contributed by atoms with Crippen molar-refractivity contribution in [2.45, 2.75) is 12.2 Å². The van der Waals surface area contributed by atoms with Crippen LogP contribution in [0.1, 0.15) is 0 Å². The number of benzene rings is 1. The maximum absolute atomic E-state index is 9.55. The van der Waals surface area contributed by atoms with Crippen LogP contribution < -0.4 is 10.1 Å². The number of nitrogens with one attached hydrogen (secondary N) is 1. The molecule has 1 aliphatic rings. The van der Waals surface area contributed by atoms with E-state index in [9.17, 15) is 9.59 Å². The van der Waals surface area contributed by atoms with Gasteiger partial charge in [-0.3, -0.25) is 0 Å². The second-order valence-corrected chi connectivity index (χ2v) is 4.41. The Morgan fingerprint density at radius 3 is 2.14 bits per heavy atom. The highest BCUT2D eigenvalue weighted by molar-refractivity contribution is 5.89. The molecule has 3 N–H and O–H groups in total. The van der Waals surface area contributed by atoms with Gasteiger partial charge in [0.15, 0.2) is 0 Å². The van der Waals surface area contributed by atoms with Crippen LogP contribution in [0.3, 0.4) is 0 Å². The van der Waals surface area contributed by atoms with Crippen molar-refractivity contribution in [3.63, 3.8) is 0 Å². The minimum absolute atomic E-state index is 0.127. The van der Waals surface area contributed by atoms with Crippen LogP contribution >= 0.6 is 0 Å². The average molecular weight is 309 g/mol. The lowest BCUT2D eigenvalue weighted by atomic mass is 10.2.